The molecule has 1 fully saturated rings. The van der Waals surface area contributed by atoms with Gasteiger partial charge in [-0.15, -0.1) is 0 Å². The van der Waals surface area contributed by atoms with E-state index in [1.807, 2.05) is 0 Å². The van der Waals surface area contributed by atoms with Crippen molar-refractivity contribution >= 4 is 17.5 Å². The summed E-state index contributed by atoms with van der Waals surface area (Å²) in [6, 6.07) is 2.78. The summed E-state index contributed by atoms with van der Waals surface area (Å²) < 4.78 is 26.0. The number of carbonyl (C=O) groups is 2. The average Bonchev–Trinajstić information content (AvgIpc) is 2.70. The van der Waals surface area contributed by atoms with Crippen molar-refractivity contribution in [1.29, 1.82) is 0 Å². The number of rotatable bonds is 3. The minimum absolute atomic E-state index is 0.00884. The Bertz CT molecular complexity index is 519. The average molecular weight is 269 g/mol. The molecule has 7 heteroatoms. The molecule has 3 N–H and O–H groups in total. The summed E-state index contributed by atoms with van der Waals surface area (Å²) in [7, 11) is 0. The molecule has 1 heterocycles. The third-order valence-electron chi connectivity index (χ3n) is 3.05. The minimum Gasteiger partial charge on any atom is -0.364 e. The Morgan fingerprint density at radius 2 is 2.21 bits per heavy atom. The van der Waals surface area contributed by atoms with Crippen LogP contribution >= 0.6 is 0 Å². The van der Waals surface area contributed by atoms with E-state index in [2.05, 4.69) is 10.3 Å². The SMILES string of the molecule is NC(=O)c1cc(NC(=O)C2CCC(F)(F)C2)ccn1. The number of nitrogens with zero attached hydrogens (tertiary/aromatic N) is 1. The second-order valence-corrected chi connectivity index (χ2v) is 4.58. The number of nitrogens with one attached hydrogen (secondary N) is 1. The number of hydrogen-bond acceptors (Lipinski definition) is 3. The van der Waals surface area contributed by atoms with Crippen LogP contribution in [0.3, 0.4) is 0 Å². The van der Waals surface area contributed by atoms with Gasteiger partial charge in [-0.1, -0.05) is 0 Å². The summed E-state index contributed by atoms with van der Waals surface area (Å²) >= 11 is 0. The van der Waals surface area contributed by atoms with Crippen molar-refractivity contribution in [3.05, 3.63) is 24.0 Å². The smallest absolute Gasteiger partial charge is 0.267 e. The molecule has 0 aromatic carbocycles. The number of alkyl halides is 2. The molecule has 0 radical (unpaired) electrons. The van der Waals surface area contributed by atoms with Crippen LogP contribution in [-0.4, -0.2) is 22.7 Å². The predicted molar refractivity (Wildman–Crippen MR) is 63.7 cm³/mol. The van der Waals surface area contributed by atoms with Gasteiger partial charge in [0.25, 0.3) is 5.91 Å². The quantitative estimate of drug-likeness (QED) is 0.873. The molecule has 2 rings (SSSR count). The molecule has 5 nitrogen and oxygen atoms in total. The zero-order valence-electron chi connectivity index (χ0n) is 10.0. The van der Waals surface area contributed by atoms with Crippen molar-refractivity contribution < 1.29 is 18.4 Å². The molecular weight excluding hydrogens is 256 g/mol. The molecule has 0 spiro atoms. The summed E-state index contributed by atoms with van der Waals surface area (Å²) in [6.45, 7) is 0. The maximum Gasteiger partial charge on any atom is 0.267 e. The van der Waals surface area contributed by atoms with Gasteiger partial charge in [-0.25, -0.2) is 8.78 Å². The van der Waals surface area contributed by atoms with Gasteiger partial charge in [0.2, 0.25) is 11.8 Å². The van der Waals surface area contributed by atoms with E-state index in [1.54, 1.807) is 0 Å². The molecule has 19 heavy (non-hydrogen) atoms. The lowest BCUT2D eigenvalue weighted by Gasteiger charge is -2.11. The number of anilines is 1. The maximum atomic E-state index is 13.0. The first-order valence-electron chi connectivity index (χ1n) is 5.82. The third-order valence-corrected chi connectivity index (χ3v) is 3.05. The van der Waals surface area contributed by atoms with Gasteiger partial charge in [0, 0.05) is 30.6 Å². The van der Waals surface area contributed by atoms with Crippen LogP contribution in [-0.2, 0) is 4.79 Å². The van der Waals surface area contributed by atoms with Crippen molar-refractivity contribution in [3.8, 4) is 0 Å². The van der Waals surface area contributed by atoms with E-state index in [0.29, 0.717) is 5.69 Å². The van der Waals surface area contributed by atoms with E-state index in [1.165, 1.54) is 18.3 Å². The van der Waals surface area contributed by atoms with Crippen molar-refractivity contribution in [2.24, 2.45) is 11.7 Å². The topological polar surface area (TPSA) is 85.1 Å². The highest BCUT2D eigenvalue weighted by molar-refractivity contribution is 5.95. The number of carbonyl (C=O) groups excluding carboxylic acids is 2. The highest BCUT2D eigenvalue weighted by Crippen LogP contribution is 2.39. The fourth-order valence-electron chi connectivity index (χ4n) is 2.06. The monoisotopic (exact) mass is 269 g/mol. The minimum atomic E-state index is -2.77. The molecule has 0 saturated heterocycles. The zero-order chi connectivity index (χ0) is 14.0. The van der Waals surface area contributed by atoms with Gasteiger partial charge in [-0.3, -0.25) is 14.6 Å². The van der Waals surface area contributed by atoms with Gasteiger partial charge < -0.3 is 11.1 Å². The van der Waals surface area contributed by atoms with Gasteiger partial charge in [0.1, 0.15) is 5.69 Å². The van der Waals surface area contributed by atoms with Gasteiger partial charge in [-0.2, -0.15) is 0 Å². The number of hydrogen-bond donors (Lipinski definition) is 2. The van der Waals surface area contributed by atoms with Crippen LogP contribution in [0.15, 0.2) is 18.3 Å². The van der Waals surface area contributed by atoms with Gasteiger partial charge in [0.15, 0.2) is 0 Å². The second-order valence-electron chi connectivity index (χ2n) is 4.58. The number of pyridine rings is 1. The molecule has 1 atom stereocenters. The normalized spacial score (nSPS) is 21.1. The van der Waals surface area contributed by atoms with Crippen LogP contribution in [0, 0.1) is 5.92 Å². The van der Waals surface area contributed by atoms with Crippen LogP contribution < -0.4 is 11.1 Å². The van der Waals surface area contributed by atoms with E-state index in [9.17, 15) is 18.4 Å². The highest BCUT2D eigenvalue weighted by Gasteiger charge is 2.42. The highest BCUT2D eigenvalue weighted by atomic mass is 19.3. The number of halogens is 2. The Balaban J connectivity index is 2.03. The summed E-state index contributed by atoms with van der Waals surface area (Å²) in [5, 5.41) is 2.50. The number of aromatic nitrogens is 1. The fraction of sp³-hybridized carbons (Fsp3) is 0.417. The molecule has 0 aliphatic heterocycles. The first-order valence-corrected chi connectivity index (χ1v) is 5.82. The summed E-state index contributed by atoms with van der Waals surface area (Å²) in [6.07, 6.45) is 0.770. The van der Waals surface area contributed by atoms with Crippen LogP contribution in [0.2, 0.25) is 0 Å². The predicted octanol–water partition coefficient (Wildman–Crippen LogP) is 1.55. The summed E-state index contributed by atoms with van der Waals surface area (Å²) in [5.41, 5.74) is 5.39. The lowest BCUT2D eigenvalue weighted by molar-refractivity contribution is -0.120. The third kappa shape index (κ3) is 3.24. The first-order chi connectivity index (χ1) is 8.87. The summed E-state index contributed by atoms with van der Waals surface area (Å²) in [4.78, 5) is 26.5. The molecule has 1 aromatic rings. The van der Waals surface area contributed by atoms with Crippen molar-refractivity contribution in [1.82, 2.24) is 4.98 Å². The Morgan fingerprint density at radius 3 is 2.79 bits per heavy atom. The second kappa shape index (κ2) is 4.91. The van der Waals surface area contributed by atoms with Crippen molar-refractivity contribution in [3.63, 3.8) is 0 Å². The Kier molecular flexibility index (Phi) is 3.46. The molecule has 1 aromatic heterocycles. The van der Waals surface area contributed by atoms with Gasteiger partial charge >= 0.3 is 0 Å². The lowest BCUT2D eigenvalue weighted by atomic mass is 10.1. The van der Waals surface area contributed by atoms with E-state index in [0.717, 1.165) is 0 Å². The number of amides is 2. The van der Waals surface area contributed by atoms with Crippen molar-refractivity contribution in [2.75, 3.05) is 5.32 Å². The molecule has 0 bridgehead atoms. The number of nitrogens with two attached hydrogens (primary N) is 1. The van der Waals surface area contributed by atoms with Crippen LogP contribution in [0.1, 0.15) is 29.8 Å². The molecule has 1 saturated carbocycles. The van der Waals surface area contributed by atoms with E-state index >= 15 is 0 Å². The lowest BCUT2D eigenvalue weighted by Crippen LogP contribution is -2.23. The Morgan fingerprint density at radius 1 is 1.47 bits per heavy atom. The maximum absolute atomic E-state index is 13.0. The first kappa shape index (κ1) is 13.4. The molecule has 1 aliphatic carbocycles. The van der Waals surface area contributed by atoms with Gasteiger partial charge in [-0.05, 0) is 18.6 Å². The molecule has 1 unspecified atom stereocenters. The van der Waals surface area contributed by atoms with Gasteiger partial charge in [0.05, 0.1) is 0 Å². The van der Waals surface area contributed by atoms with Crippen LogP contribution in [0.25, 0.3) is 0 Å². The summed E-state index contributed by atoms with van der Waals surface area (Å²) in [5.74, 6) is -4.67. The zero-order valence-corrected chi connectivity index (χ0v) is 10.0. The molecule has 2 amide bonds. The van der Waals surface area contributed by atoms with Crippen LogP contribution in [0.4, 0.5) is 14.5 Å². The Labute approximate surface area is 108 Å². The Hall–Kier alpha value is -2.05. The van der Waals surface area contributed by atoms with E-state index in [4.69, 9.17) is 5.73 Å². The number of primary amides is 1. The molecule has 1 aliphatic rings. The van der Waals surface area contributed by atoms with Crippen LogP contribution in [0.5, 0.6) is 0 Å². The standard InChI is InChI=1S/C12H13F2N3O2/c13-12(14)3-1-7(6-12)11(19)17-8-2-4-16-9(5-8)10(15)18/h2,4-5,7H,1,3,6H2,(H2,15,18)(H,16,17,19). The van der Waals surface area contributed by atoms with E-state index < -0.39 is 30.1 Å². The van der Waals surface area contributed by atoms with E-state index in [-0.39, 0.29) is 18.5 Å². The molecule has 102 valence electrons. The fourth-order valence-corrected chi connectivity index (χ4v) is 2.06. The molecular formula is C12H13F2N3O2. The largest absolute Gasteiger partial charge is 0.364 e. The van der Waals surface area contributed by atoms with Crippen molar-refractivity contribution in [2.45, 2.75) is 25.2 Å².